The highest BCUT2D eigenvalue weighted by molar-refractivity contribution is 5.94. The second kappa shape index (κ2) is 6.93. The zero-order chi connectivity index (χ0) is 15.2. The molecule has 0 saturated heterocycles. The van der Waals surface area contributed by atoms with Crippen molar-refractivity contribution in [3.63, 3.8) is 0 Å². The van der Waals surface area contributed by atoms with Crippen LogP contribution in [0, 0.1) is 6.92 Å². The lowest BCUT2D eigenvalue weighted by molar-refractivity contribution is 0.0951. The van der Waals surface area contributed by atoms with Gasteiger partial charge in [0.25, 0.3) is 5.91 Å². The molecule has 0 aromatic heterocycles. The Kier molecular flexibility index (Phi) is 4.99. The van der Waals surface area contributed by atoms with Crippen molar-refractivity contribution in [2.45, 2.75) is 33.4 Å². The summed E-state index contributed by atoms with van der Waals surface area (Å²) in [6.45, 7) is 6.48. The molecule has 1 amide bonds. The minimum atomic E-state index is -0.0544. The highest BCUT2D eigenvalue weighted by atomic mass is 16.5. The number of aryl methyl sites for hydroxylation is 1. The largest absolute Gasteiger partial charge is 0.491 e. The molecule has 2 rings (SSSR count). The van der Waals surface area contributed by atoms with Crippen LogP contribution in [0.1, 0.15) is 35.3 Å². The predicted molar refractivity (Wildman–Crippen MR) is 84.6 cm³/mol. The Balaban J connectivity index is 1.92. The molecule has 0 atom stereocenters. The third kappa shape index (κ3) is 4.63. The van der Waals surface area contributed by atoms with E-state index in [0.29, 0.717) is 12.1 Å². The van der Waals surface area contributed by atoms with E-state index in [1.807, 2.05) is 69.3 Å². The van der Waals surface area contributed by atoms with E-state index in [4.69, 9.17) is 4.74 Å². The Morgan fingerprint density at radius 2 is 1.86 bits per heavy atom. The Hall–Kier alpha value is -2.29. The summed E-state index contributed by atoms with van der Waals surface area (Å²) < 4.78 is 5.59. The van der Waals surface area contributed by atoms with Crippen molar-refractivity contribution >= 4 is 5.91 Å². The van der Waals surface area contributed by atoms with Crippen molar-refractivity contribution in [3.05, 3.63) is 65.2 Å². The number of carbonyl (C=O) groups excluding carboxylic acids is 1. The summed E-state index contributed by atoms with van der Waals surface area (Å²) in [5.41, 5.74) is 2.82. The molecular weight excluding hydrogens is 262 g/mol. The molecule has 3 heteroatoms. The summed E-state index contributed by atoms with van der Waals surface area (Å²) in [5.74, 6) is 0.792. The fourth-order valence-corrected chi connectivity index (χ4v) is 2.03. The zero-order valence-electron chi connectivity index (χ0n) is 12.7. The average molecular weight is 283 g/mol. The first-order chi connectivity index (χ1) is 10.0. The molecule has 0 bridgehead atoms. The first-order valence-corrected chi connectivity index (χ1v) is 7.15. The molecule has 0 spiro atoms. The quantitative estimate of drug-likeness (QED) is 0.908. The molecule has 0 aliphatic carbocycles. The summed E-state index contributed by atoms with van der Waals surface area (Å²) >= 11 is 0. The van der Waals surface area contributed by atoms with Gasteiger partial charge in [-0.05, 0) is 50.6 Å². The second-order valence-corrected chi connectivity index (χ2v) is 5.36. The molecule has 0 saturated carbocycles. The van der Waals surface area contributed by atoms with Gasteiger partial charge in [-0.2, -0.15) is 0 Å². The van der Waals surface area contributed by atoms with E-state index in [2.05, 4.69) is 5.32 Å². The number of ether oxygens (including phenoxy) is 1. The maximum Gasteiger partial charge on any atom is 0.251 e. The SMILES string of the molecule is Cc1cccc(C(=O)NCc2ccc(OC(C)C)cc2)c1. The van der Waals surface area contributed by atoms with E-state index < -0.39 is 0 Å². The van der Waals surface area contributed by atoms with Crippen LogP contribution in [0.15, 0.2) is 48.5 Å². The standard InChI is InChI=1S/C18H21NO2/c1-13(2)21-17-9-7-15(8-10-17)12-19-18(20)16-6-4-5-14(3)11-16/h4-11,13H,12H2,1-3H3,(H,19,20). The van der Waals surface area contributed by atoms with Crippen LogP contribution in [-0.4, -0.2) is 12.0 Å². The monoisotopic (exact) mass is 283 g/mol. The lowest BCUT2D eigenvalue weighted by Crippen LogP contribution is -2.22. The molecule has 21 heavy (non-hydrogen) atoms. The van der Waals surface area contributed by atoms with Crippen molar-refractivity contribution in [2.24, 2.45) is 0 Å². The summed E-state index contributed by atoms with van der Waals surface area (Å²) in [6, 6.07) is 15.4. The van der Waals surface area contributed by atoms with Crippen LogP contribution in [0.25, 0.3) is 0 Å². The van der Waals surface area contributed by atoms with Gasteiger partial charge in [-0.25, -0.2) is 0 Å². The van der Waals surface area contributed by atoms with Gasteiger partial charge >= 0.3 is 0 Å². The van der Waals surface area contributed by atoms with Gasteiger partial charge in [0.15, 0.2) is 0 Å². The molecule has 0 radical (unpaired) electrons. The van der Waals surface area contributed by atoms with Gasteiger partial charge in [-0.1, -0.05) is 29.8 Å². The maximum absolute atomic E-state index is 12.0. The minimum absolute atomic E-state index is 0.0544. The topological polar surface area (TPSA) is 38.3 Å². The van der Waals surface area contributed by atoms with Gasteiger partial charge in [0, 0.05) is 12.1 Å². The summed E-state index contributed by atoms with van der Waals surface area (Å²) in [6.07, 6.45) is 0.164. The van der Waals surface area contributed by atoms with Crippen LogP contribution in [0.2, 0.25) is 0 Å². The first kappa shape index (κ1) is 15.1. The van der Waals surface area contributed by atoms with Crippen molar-refractivity contribution in [2.75, 3.05) is 0 Å². The first-order valence-electron chi connectivity index (χ1n) is 7.15. The van der Waals surface area contributed by atoms with Crippen LogP contribution in [0.5, 0.6) is 5.75 Å². The minimum Gasteiger partial charge on any atom is -0.491 e. The van der Waals surface area contributed by atoms with E-state index in [0.717, 1.165) is 16.9 Å². The predicted octanol–water partition coefficient (Wildman–Crippen LogP) is 3.71. The van der Waals surface area contributed by atoms with Gasteiger partial charge < -0.3 is 10.1 Å². The smallest absolute Gasteiger partial charge is 0.251 e. The highest BCUT2D eigenvalue weighted by Gasteiger charge is 2.05. The average Bonchev–Trinajstić information content (AvgIpc) is 2.45. The Morgan fingerprint density at radius 3 is 2.48 bits per heavy atom. The summed E-state index contributed by atoms with van der Waals surface area (Å²) in [5, 5.41) is 2.92. The van der Waals surface area contributed by atoms with Crippen molar-refractivity contribution in [1.82, 2.24) is 5.32 Å². The number of carbonyl (C=O) groups is 1. The molecule has 0 fully saturated rings. The lowest BCUT2D eigenvalue weighted by atomic mass is 10.1. The van der Waals surface area contributed by atoms with E-state index in [-0.39, 0.29) is 12.0 Å². The molecule has 0 aliphatic heterocycles. The Labute approximate surface area is 126 Å². The van der Waals surface area contributed by atoms with Gasteiger partial charge in [-0.15, -0.1) is 0 Å². The van der Waals surface area contributed by atoms with E-state index >= 15 is 0 Å². The Morgan fingerprint density at radius 1 is 1.14 bits per heavy atom. The molecule has 3 nitrogen and oxygen atoms in total. The van der Waals surface area contributed by atoms with Crippen LogP contribution < -0.4 is 10.1 Å². The number of hydrogen-bond donors (Lipinski definition) is 1. The molecular formula is C18H21NO2. The van der Waals surface area contributed by atoms with E-state index in [1.54, 1.807) is 0 Å². The third-order valence-electron chi connectivity index (χ3n) is 3.03. The maximum atomic E-state index is 12.0. The lowest BCUT2D eigenvalue weighted by Gasteiger charge is -2.10. The zero-order valence-corrected chi connectivity index (χ0v) is 12.7. The van der Waals surface area contributed by atoms with Gasteiger partial charge in [0.05, 0.1) is 6.10 Å². The summed E-state index contributed by atoms with van der Waals surface area (Å²) in [7, 11) is 0. The van der Waals surface area contributed by atoms with Crippen LogP contribution in [0.4, 0.5) is 0 Å². The molecule has 0 unspecified atom stereocenters. The van der Waals surface area contributed by atoms with Crippen LogP contribution >= 0.6 is 0 Å². The molecule has 0 heterocycles. The molecule has 110 valence electrons. The molecule has 0 aliphatic rings. The molecule has 2 aromatic carbocycles. The fraction of sp³-hybridized carbons (Fsp3) is 0.278. The molecule has 1 N–H and O–H groups in total. The van der Waals surface area contributed by atoms with Crippen molar-refractivity contribution in [1.29, 1.82) is 0 Å². The van der Waals surface area contributed by atoms with Crippen molar-refractivity contribution in [3.8, 4) is 5.75 Å². The van der Waals surface area contributed by atoms with Crippen LogP contribution in [-0.2, 0) is 6.54 Å². The van der Waals surface area contributed by atoms with Crippen molar-refractivity contribution < 1.29 is 9.53 Å². The van der Waals surface area contributed by atoms with Gasteiger partial charge in [0.1, 0.15) is 5.75 Å². The van der Waals surface area contributed by atoms with E-state index in [9.17, 15) is 4.79 Å². The Bertz CT molecular complexity index is 603. The highest BCUT2D eigenvalue weighted by Crippen LogP contribution is 2.14. The third-order valence-corrected chi connectivity index (χ3v) is 3.03. The number of amides is 1. The number of nitrogens with one attached hydrogen (secondary N) is 1. The second-order valence-electron chi connectivity index (χ2n) is 5.36. The van der Waals surface area contributed by atoms with Gasteiger partial charge in [-0.3, -0.25) is 4.79 Å². The number of benzene rings is 2. The normalized spacial score (nSPS) is 10.5. The fourth-order valence-electron chi connectivity index (χ4n) is 2.03. The number of hydrogen-bond acceptors (Lipinski definition) is 2. The van der Waals surface area contributed by atoms with Crippen LogP contribution in [0.3, 0.4) is 0 Å². The molecule has 2 aromatic rings. The number of rotatable bonds is 5. The van der Waals surface area contributed by atoms with E-state index in [1.165, 1.54) is 0 Å². The summed E-state index contributed by atoms with van der Waals surface area (Å²) in [4.78, 5) is 12.0. The van der Waals surface area contributed by atoms with Gasteiger partial charge in [0.2, 0.25) is 0 Å².